The molecule has 0 aliphatic heterocycles. The molecule has 4 aromatic rings. The van der Waals surface area contributed by atoms with Crippen molar-refractivity contribution >= 4 is 35.7 Å². The van der Waals surface area contributed by atoms with Gasteiger partial charge in [0.05, 0.1) is 24.6 Å². The second-order valence-corrected chi connectivity index (χ2v) is 20.0. The molecule has 4 rings (SSSR count). The molecule has 0 heterocycles. The molecule has 0 unspecified atom stereocenters. The molecule has 0 radical (unpaired) electrons. The summed E-state index contributed by atoms with van der Waals surface area (Å²) in [4.78, 5) is 0. The molecular weight excluding hydrogens is 542 g/mol. The van der Waals surface area contributed by atoms with Gasteiger partial charge in [-0.2, -0.15) is 0 Å². The first-order valence-electron chi connectivity index (χ1n) is 16.7. The zero-order valence-electron chi connectivity index (χ0n) is 26.6. The third-order valence-electron chi connectivity index (χ3n) is 9.06. The maximum Gasteiger partial charge on any atom is 0.144 e. The van der Waals surface area contributed by atoms with E-state index in [9.17, 15) is 0 Å². The first kappa shape index (κ1) is 32.6. The number of hydrogen-bond donors (Lipinski definition) is 0. The van der Waals surface area contributed by atoms with Gasteiger partial charge in [0.2, 0.25) is 0 Å². The molecule has 4 aromatic carbocycles. The average molecular weight is 597 g/mol. The van der Waals surface area contributed by atoms with Crippen molar-refractivity contribution in [1.29, 1.82) is 0 Å². The predicted molar refractivity (Wildman–Crippen MR) is 195 cm³/mol. The van der Waals surface area contributed by atoms with E-state index in [-0.39, 0.29) is 0 Å². The lowest BCUT2D eigenvalue weighted by Crippen LogP contribution is -2.38. The zero-order valence-corrected chi connectivity index (χ0v) is 28.3. The van der Waals surface area contributed by atoms with Crippen molar-refractivity contribution in [2.45, 2.75) is 78.6 Å². The molecule has 42 heavy (non-hydrogen) atoms. The molecule has 0 amide bonds. The third-order valence-corrected chi connectivity index (χ3v) is 18.4. The number of hydrogen-bond acceptors (Lipinski definition) is 0. The van der Waals surface area contributed by atoms with Gasteiger partial charge in [0, 0.05) is 7.26 Å². The molecule has 0 nitrogen and oxygen atoms in total. The lowest BCUT2D eigenvalue weighted by molar-refractivity contribution is 0.778. The zero-order chi connectivity index (χ0) is 29.5. The molecule has 0 fully saturated rings. The standard InChI is InChI=1S/C40H54P2/c1-4-7-32-41(33-8-5-2,34-9-6-3)35-20-19-21-36-28-30-40(31-29-36)42(37-22-13-10-14-23-37,38-24-15-11-16-25-38)39-26-17-12-18-27-39/h10-18,22-31H,4-9,19-21,32-35H2,1-3H3/q+2. The van der Waals surface area contributed by atoms with E-state index in [1.54, 1.807) is 18.5 Å². The fraction of sp³-hybridized carbons (Fsp3) is 0.400. The summed E-state index contributed by atoms with van der Waals surface area (Å²) in [6.07, 6.45) is 18.5. The van der Waals surface area contributed by atoms with E-state index >= 15 is 0 Å². The van der Waals surface area contributed by atoms with E-state index in [0.717, 1.165) is 0 Å². The predicted octanol–water partition coefficient (Wildman–Crippen LogP) is 10.0. The fourth-order valence-electron chi connectivity index (χ4n) is 6.66. The van der Waals surface area contributed by atoms with Crippen molar-refractivity contribution in [3.8, 4) is 0 Å². The van der Waals surface area contributed by atoms with Crippen LogP contribution in [0.5, 0.6) is 0 Å². The molecule has 0 bridgehead atoms. The summed E-state index contributed by atoms with van der Waals surface area (Å²) in [7, 11) is -2.80. The molecular formula is C40H54P2+2. The first-order valence-corrected chi connectivity index (χ1v) is 21.0. The summed E-state index contributed by atoms with van der Waals surface area (Å²) < 4.78 is 0. The maximum atomic E-state index is 2.46. The molecule has 0 saturated carbocycles. The SMILES string of the molecule is CCCC[P+](CCCC)(CCCC)CCCCc1ccc([P+](c2ccccc2)(c2ccccc2)c2ccccc2)cc1. The Balaban J connectivity index is 1.56. The summed E-state index contributed by atoms with van der Waals surface area (Å²) in [5.74, 6) is 0. The van der Waals surface area contributed by atoms with Crippen molar-refractivity contribution in [2.24, 2.45) is 0 Å². The van der Waals surface area contributed by atoms with Crippen LogP contribution in [-0.2, 0) is 6.42 Å². The molecule has 0 atom stereocenters. The second kappa shape index (κ2) is 17.1. The van der Waals surface area contributed by atoms with Gasteiger partial charge in [-0.15, -0.1) is 0 Å². The van der Waals surface area contributed by atoms with E-state index in [4.69, 9.17) is 0 Å². The van der Waals surface area contributed by atoms with Gasteiger partial charge in [-0.25, -0.2) is 0 Å². The van der Waals surface area contributed by atoms with Crippen molar-refractivity contribution in [3.63, 3.8) is 0 Å². The van der Waals surface area contributed by atoms with Gasteiger partial charge in [-0.05, 0) is 92.6 Å². The van der Waals surface area contributed by atoms with Gasteiger partial charge in [-0.3, -0.25) is 0 Å². The van der Waals surface area contributed by atoms with Crippen molar-refractivity contribution in [1.82, 2.24) is 0 Å². The van der Waals surface area contributed by atoms with Gasteiger partial charge < -0.3 is 0 Å². The summed E-state index contributed by atoms with van der Waals surface area (Å²) >= 11 is 0. The highest BCUT2D eigenvalue weighted by molar-refractivity contribution is 8.01. The minimum atomic E-state index is -2.01. The Kier molecular flexibility index (Phi) is 13.3. The molecule has 0 aliphatic carbocycles. The largest absolute Gasteiger partial charge is 0.144 e. The summed E-state index contributed by atoms with van der Waals surface area (Å²) in [6.45, 7) is 7.13. The quantitative estimate of drug-likeness (QED) is 0.0792. The van der Waals surface area contributed by atoms with Crippen LogP contribution < -0.4 is 21.2 Å². The number of benzene rings is 4. The minimum Gasteiger partial charge on any atom is -0.0652 e. The smallest absolute Gasteiger partial charge is 0.0652 e. The van der Waals surface area contributed by atoms with Crippen LogP contribution >= 0.6 is 14.5 Å². The summed E-state index contributed by atoms with van der Waals surface area (Å²) in [5.41, 5.74) is 1.49. The van der Waals surface area contributed by atoms with E-state index < -0.39 is 14.5 Å². The summed E-state index contributed by atoms with van der Waals surface area (Å²) in [6, 6.07) is 43.5. The van der Waals surface area contributed by atoms with E-state index in [0.29, 0.717) is 0 Å². The number of aryl methyl sites for hydroxylation is 1. The van der Waals surface area contributed by atoms with Gasteiger partial charge in [-0.1, -0.05) is 107 Å². The van der Waals surface area contributed by atoms with Crippen LogP contribution in [0.4, 0.5) is 0 Å². The normalized spacial score (nSPS) is 12.0. The van der Waals surface area contributed by atoms with E-state index in [1.807, 2.05) is 0 Å². The highest BCUT2D eigenvalue weighted by Gasteiger charge is 2.47. The summed E-state index contributed by atoms with van der Waals surface area (Å²) in [5, 5.41) is 5.70. The van der Waals surface area contributed by atoms with Crippen LogP contribution in [0.3, 0.4) is 0 Å². The Morgan fingerprint density at radius 2 is 0.738 bits per heavy atom. The third kappa shape index (κ3) is 8.22. The van der Waals surface area contributed by atoms with E-state index in [1.165, 1.54) is 90.7 Å². The van der Waals surface area contributed by atoms with Crippen LogP contribution in [0.1, 0.15) is 77.7 Å². The topological polar surface area (TPSA) is 0 Å². The van der Waals surface area contributed by atoms with E-state index in [2.05, 4.69) is 136 Å². The van der Waals surface area contributed by atoms with Gasteiger partial charge >= 0.3 is 0 Å². The Hall–Kier alpha value is -2.26. The van der Waals surface area contributed by atoms with Crippen molar-refractivity contribution in [2.75, 3.05) is 24.6 Å². The number of unbranched alkanes of at least 4 members (excludes halogenated alkanes) is 4. The monoisotopic (exact) mass is 596 g/mol. The van der Waals surface area contributed by atoms with Gasteiger partial charge in [0.15, 0.2) is 0 Å². The highest BCUT2D eigenvalue weighted by atomic mass is 31.2. The Morgan fingerprint density at radius 3 is 1.12 bits per heavy atom. The van der Waals surface area contributed by atoms with Gasteiger partial charge in [0.25, 0.3) is 0 Å². The fourth-order valence-corrected chi connectivity index (χ4v) is 16.1. The average Bonchev–Trinajstić information content (AvgIpc) is 3.06. The molecule has 2 heteroatoms. The Labute approximate surface area is 259 Å². The molecule has 0 spiro atoms. The van der Waals surface area contributed by atoms with Crippen LogP contribution in [0.2, 0.25) is 0 Å². The van der Waals surface area contributed by atoms with Crippen LogP contribution in [-0.4, -0.2) is 24.6 Å². The lowest BCUT2D eigenvalue weighted by atomic mass is 10.1. The molecule has 0 saturated heterocycles. The Morgan fingerprint density at radius 1 is 0.381 bits per heavy atom. The molecule has 0 aromatic heterocycles. The number of rotatable bonds is 18. The maximum absolute atomic E-state index is 2.46. The molecule has 0 aliphatic rings. The second-order valence-electron chi connectivity index (χ2n) is 12.1. The molecule has 0 N–H and O–H groups in total. The van der Waals surface area contributed by atoms with Crippen LogP contribution in [0.25, 0.3) is 0 Å². The van der Waals surface area contributed by atoms with Gasteiger partial charge in [0.1, 0.15) is 28.5 Å². The minimum absolute atomic E-state index is 0.795. The highest BCUT2D eigenvalue weighted by Crippen LogP contribution is 2.61. The van der Waals surface area contributed by atoms with Crippen molar-refractivity contribution < 1.29 is 0 Å². The van der Waals surface area contributed by atoms with Crippen LogP contribution in [0, 0.1) is 0 Å². The van der Waals surface area contributed by atoms with Crippen LogP contribution in [0.15, 0.2) is 115 Å². The first-order chi connectivity index (χ1) is 20.7. The lowest BCUT2D eigenvalue weighted by Gasteiger charge is -2.28. The van der Waals surface area contributed by atoms with Crippen molar-refractivity contribution in [3.05, 3.63) is 121 Å². The molecule has 222 valence electrons. The Bertz CT molecular complexity index is 1150.